The summed E-state index contributed by atoms with van der Waals surface area (Å²) in [5.74, 6) is 1.82. The standard InChI is InChI=1S/C10H21N/c1-3-8(2)6-10(11)7-9-4-5-9/h8-10H,3-7,11H2,1-2H3. The summed E-state index contributed by atoms with van der Waals surface area (Å²) in [4.78, 5) is 0. The molecule has 0 radical (unpaired) electrons. The van der Waals surface area contributed by atoms with Crippen LogP contribution in [0.3, 0.4) is 0 Å². The summed E-state index contributed by atoms with van der Waals surface area (Å²) in [5, 5.41) is 0. The molecule has 1 nitrogen and oxygen atoms in total. The lowest BCUT2D eigenvalue weighted by molar-refractivity contribution is 0.423. The lowest BCUT2D eigenvalue weighted by atomic mass is 9.97. The average molecular weight is 155 g/mol. The number of nitrogens with two attached hydrogens (primary N) is 1. The molecule has 1 aliphatic rings. The minimum Gasteiger partial charge on any atom is -0.328 e. The van der Waals surface area contributed by atoms with Crippen LogP contribution in [0, 0.1) is 11.8 Å². The molecule has 1 aliphatic carbocycles. The van der Waals surface area contributed by atoms with Crippen molar-refractivity contribution in [1.82, 2.24) is 0 Å². The molecular formula is C10H21N. The van der Waals surface area contributed by atoms with E-state index in [0.29, 0.717) is 6.04 Å². The number of rotatable bonds is 5. The van der Waals surface area contributed by atoms with Crippen LogP contribution in [-0.2, 0) is 0 Å². The van der Waals surface area contributed by atoms with Crippen molar-refractivity contribution >= 4 is 0 Å². The molecule has 11 heavy (non-hydrogen) atoms. The molecule has 2 N–H and O–H groups in total. The van der Waals surface area contributed by atoms with Gasteiger partial charge in [-0.15, -0.1) is 0 Å². The van der Waals surface area contributed by atoms with E-state index < -0.39 is 0 Å². The molecule has 0 spiro atoms. The van der Waals surface area contributed by atoms with Crippen LogP contribution < -0.4 is 5.73 Å². The van der Waals surface area contributed by atoms with Gasteiger partial charge in [0.15, 0.2) is 0 Å². The van der Waals surface area contributed by atoms with E-state index in [1.807, 2.05) is 0 Å². The van der Waals surface area contributed by atoms with Crippen LogP contribution >= 0.6 is 0 Å². The molecule has 0 heterocycles. The van der Waals surface area contributed by atoms with Crippen LogP contribution in [0.5, 0.6) is 0 Å². The van der Waals surface area contributed by atoms with Crippen LogP contribution in [-0.4, -0.2) is 6.04 Å². The van der Waals surface area contributed by atoms with E-state index in [0.717, 1.165) is 11.8 Å². The van der Waals surface area contributed by atoms with Crippen molar-refractivity contribution in [3.63, 3.8) is 0 Å². The summed E-state index contributed by atoms with van der Waals surface area (Å²) in [6.45, 7) is 4.54. The van der Waals surface area contributed by atoms with Crippen molar-refractivity contribution in [3.8, 4) is 0 Å². The molecule has 2 atom stereocenters. The predicted octanol–water partition coefficient (Wildman–Crippen LogP) is 2.55. The quantitative estimate of drug-likeness (QED) is 0.648. The van der Waals surface area contributed by atoms with E-state index in [1.54, 1.807) is 0 Å². The van der Waals surface area contributed by atoms with E-state index in [2.05, 4.69) is 13.8 Å². The van der Waals surface area contributed by atoms with Gasteiger partial charge in [0.1, 0.15) is 0 Å². The second kappa shape index (κ2) is 4.10. The lowest BCUT2D eigenvalue weighted by Crippen LogP contribution is -2.23. The topological polar surface area (TPSA) is 26.0 Å². The summed E-state index contributed by atoms with van der Waals surface area (Å²) in [5.41, 5.74) is 5.99. The van der Waals surface area contributed by atoms with Crippen molar-refractivity contribution in [2.45, 2.75) is 52.0 Å². The molecule has 2 unspecified atom stereocenters. The smallest absolute Gasteiger partial charge is 0.00440 e. The SMILES string of the molecule is CCC(C)CC(N)CC1CC1. The molecule has 1 rings (SSSR count). The van der Waals surface area contributed by atoms with Gasteiger partial charge in [0, 0.05) is 6.04 Å². The summed E-state index contributed by atoms with van der Waals surface area (Å²) < 4.78 is 0. The van der Waals surface area contributed by atoms with Crippen LogP contribution in [0.15, 0.2) is 0 Å². The van der Waals surface area contributed by atoms with Crippen LogP contribution in [0.4, 0.5) is 0 Å². The Bertz CT molecular complexity index is 107. The molecule has 0 amide bonds. The third-order valence-corrected chi connectivity index (χ3v) is 2.74. The van der Waals surface area contributed by atoms with Gasteiger partial charge in [-0.05, 0) is 24.7 Å². The Morgan fingerprint density at radius 2 is 2.09 bits per heavy atom. The average Bonchev–Trinajstić information content (AvgIpc) is 2.71. The molecule has 0 aliphatic heterocycles. The maximum atomic E-state index is 5.99. The van der Waals surface area contributed by atoms with Gasteiger partial charge in [-0.2, -0.15) is 0 Å². The normalized spacial score (nSPS) is 23.2. The van der Waals surface area contributed by atoms with E-state index in [9.17, 15) is 0 Å². The first-order valence-electron chi connectivity index (χ1n) is 4.98. The number of hydrogen-bond donors (Lipinski definition) is 1. The number of hydrogen-bond acceptors (Lipinski definition) is 1. The highest BCUT2D eigenvalue weighted by Gasteiger charge is 2.24. The zero-order valence-corrected chi connectivity index (χ0v) is 7.84. The fourth-order valence-corrected chi connectivity index (χ4v) is 1.56. The van der Waals surface area contributed by atoms with E-state index in [-0.39, 0.29) is 0 Å². The minimum atomic E-state index is 0.484. The van der Waals surface area contributed by atoms with Crippen molar-refractivity contribution in [2.75, 3.05) is 0 Å². The summed E-state index contributed by atoms with van der Waals surface area (Å²) >= 11 is 0. The minimum absolute atomic E-state index is 0.484. The van der Waals surface area contributed by atoms with Gasteiger partial charge >= 0.3 is 0 Å². The molecule has 0 aromatic rings. The third kappa shape index (κ3) is 3.76. The van der Waals surface area contributed by atoms with Crippen molar-refractivity contribution in [1.29, 1.82) is 0 Å². The third-order valence-electron chi connectivity index (χ3n) is 2.74. The Morgan fingerprint density at radius 3 is 2.55 bits per heavy atom. The lowest BCUT2D eigenvalue weighted by Gasteiger charge is -2.14. The second-order valence-corrected chi connectivity index (χ2v) is 4.19. The highest BCUT2D eigenvalue weighted by Crippen LogP contribution is 2.34. The monoisotopic (exact) mass is 155 g/mol. The molecule has 1 heteroatoms. The summed E-state index contributed by atoms with van der Waals surface area (Å²) in [6.07, 6.45) is 6.66. The Balaban J connectivity index is 2.03. The first-order valence-corrected chi connectivity index (χ1v) is 4.98. The van der Waals surface area contributed by atoms with E-state index >= 15 is 0 Å². The van der Waals surface area contributed by atoms with Gasteiger partial charge in [-0.25, -0.2) is 0 Å². The highest BCUT2D eigenvalue weighted by atomic mass is 14.6. The maximum Gasteiger partial charge on any atom is 0.00440 e. The van der Waals surface area contributed by atoms with E-state index in [1.165, 1.54) is 32.1 Å². The van der Waals surface area contributed by atoms with Gasteiger partial charge in [0.25, 0.3) is 0 Å². The Hall–Kier alpha value is -0.0400. The van der Waals surface area contributed by atoms with Crippen LogP contribution in [0.25, 0.3) is 0 Å². The Kier molecular flexibility index (Phi) is 3.38. The summed E-state index contributed by atoms with van der Waals surface area (Å²) in [7, 11) is 0. The summed E-state index contributed by atoms with van der Waals surface area (Å²) in [6, 6.07) is 0.484. The molecule has 1 fully saturated rings. The van der Waals surface area contributed by atoms with E-state index in [4.69, 9.17) is 5.73 Å². The fourth-order valence-electron chi connectivity index (χ4n) is 1.56. The van der Waals surface area contributed by atoms with Crippen molar-refractivity contribution < 1.29 is 0 Å². The molecule has 66 valence electrons. The Labute approximate surface area is 70.4 Å². The van der Waals surface area contributed by atoms with Gasteiger partial charge in [-0.1, -0.05) is 33.1 Å². The first kappa shape index (κ1) is 9.05. The van der Waals surface area contributed by atoms with Crippen molar-refractivity contribution in [3.05, 3.63) is 0 Å². The first-order chi connectivity index (χ1) is 5.22. The second-order valence-electron chi connectivity index (χ2n) is 4.19. The van der Waals surface area contributed by atoms with Gasteiger partial charge in [0.2, 0.25) is 0 Å². The maximum absolute atomic E-state index is 5.99. The fraction of sp³-hybridized carbons (Fsp3) is 1.00. The Morgan fingerprint density at radius 1 is 1.45 bits per heavy atom. The highest BCUT2D eigenvalue weighted by molar-refractivity contribution is 4.79. The molecule has 0 aromatic heterocycles. The van der Waals surface area contributed by atoms with Gasteiger partial charge < -0.3 is 5.73 Å². The molecule has 0 bridgehead atoms. The van der Waals surface area contributed by atoms with Crippen LogP contribution in [0.1, 0.15) is 46.0 Å². The molecular weight excluding hydrogens is 134 g/mol. The predicted molar refractivity (Wildman–Crippen MR) is 49.4 cm³/mol. The largest absolute Gasteiger partial charge is 0.328 e. The van der Waals surface area contributed by atoms with Crippen molar-refractivity contribution in [2.24, 2.45) is 17.6 Å². The zero-order chi connectivity index (χ0) is 8.27. The van der Waals surface area contributed by atoms with Gasteiger partial charge in [0.05, 0.1) is 0 Å². The van der Waals surface area contributed by atoms with Gasteiger partial charge in [-0.3, -0.25) is 0 Å². The molecule has 0 saturated heterocycles. The molecule has 0 aromatic carbocycles. The molecule has 1 saturated carbocycles. The van der Waals surface area contributed by atoms with Crippen LogP contribution in [0.2, 0.25) is 0 Å². The zero-order valence-electron chi connectivity index (χ0n) is 7.84.